The van der Waals surface area contributed by atoms with Gasteiger partial charge in [-0.25, -0.2) is 0 Å². The van der Waals surface area contributed by atoms with Crippen molar-refractivity contribution in [3.8, 4) is 0 Å². The van der Waals surface area contributed by atoms with Crippen molar-refractivity contribution in [2.75, 3.05) is 14.1 Å². The Morgan fingerprint density at radius 2 is 1.36 bits per heavy atom. The molecule has 0 bridgehead atoms. The maximum atomic E-state index is 10.9. The molecule has 0 spiro atoms. The minimum Gasteiger partial charge on any atom is -0.356 e. The van der Waals surface area contributed by atoms with Crippen LogP contribution in [0.2, 0.25) is 0 Å². The van der Waals surface area contributed by atoms with E-state index in [1.165, 1.54) is 34.8 Å². The second-order valence-corrected chi connectivity index (χ2v) is 5.04. The normalized spacial score (nSPS) is 9.29. The second kappa shape index (κ2) is 4.92. The van der Waals surface area contributed by atoms with Gasteiger partial charge in [0.25, 0.3) is 0 Å². The van der Waals surface area contributed by atoms with Gasteiger partial charge in [0, 0.05) is 26.2 Å². The van der Waals surface area contributed by atoms with Crippen LogP contribution in [0, 0.1) is 0 Å². The van der Waals surface area contributed by atoms with Crippen molar-refractivity contribution >= 4 is 46.6 Å². The van der Waals surface area contributed by atoms with E-state index in [0.29, 0.717) is 0 Å². The Hall–Kier alpha value is -1.14. The summed E-state index contributed by atoms with van der Waals surface area (Å²) >= 11 is 2.85. The van der Waals surface area contributed by atoms with E-state index < -0.39 is 0 Å². The summed E-state index contributed by atoms with van der Waals surface area (Å²) in [6, 6.07) is 0. The fourth-order valence-corrected chi connectivity index (χ4v) is 2.59. The smallest absolute Gasteiger partial charge is 0.245 e. The molecule has 1 heterocycles. The van der Waals surface area contributed by atoms with Gasteiger partial charge in [-0.1, -0.05) is 0 Å². The Balaban J connectivity index is 2.77. The molecule has 0 fully saturated rings. The van der Waals surface area contributed by atoms with Crippen LogP contribution >= 0.6 is 22.7 Å². The molecule has 14 heavy (non-hydrogen) atoms. The highest BCUT2D eigenvalue weighted by Gasteiger charge is 1.97. The summed E-state index contributed by atoms with van der Waals surface area (Å²) in [5, 5.41) is 4.98. The lowest BCUT2D eigenvalue weighted by atomic mass is 10.6. The second-order valence-electron chi connectivity index (χ2n) is 2.36. The van der Waals surface area contributed by atoms with Crippen LogP contribution in [0.1, 0.15) is 0 Å². The summed E-state index contributed by atoms with van der Waals surface area (Å²) in [7, 11) is 3.16. The molecule has 0 aliphatic heterocycles. The van der Waals surface area contributed by atoms with Crippen LogP contribution in [0.3, 0.4) is 0 Å². The van der Waals surface area contributed by atoms with Crippen LogP contribution in [0.4, 0.5) is 0 Å². The molecule has 4 nitrogen and oxygen atoms in total. The predicted molar refractivity (Wildman–Crippen MR) is 58.5 cm³/mol. The van der Waals surface area contributed by atoms with Gasteiger partial charge in [0.2, 0.25) is 11.8 Å². The lowest BCUT2D eigenvalue weighted by Crippen LogP contribution is -2.22. The Bertz CT molecular complexity index is 388. The monoisotopic (exact) mass is 230 g/mol. The highest BCUT2D eigenvalue weighted by molar-refractivity contribution is 7.36. The maximum absolute atomic E-state index is 10.9. The summed E-state index contributed by atoms with van der Waals surface area (Å²) in [6.45, 7) is 0. The van der Waals surface area contributed by atoms with Crippen molar-refractivity contribution in [1.29, 1.82) is 0 Å². The van der Waals surface area contributed by atoms with E-state index in [2.05, 4.69) is 10.6 Å². The van der Waals surface area contributed by atoms with Gasteiger partial charge in [-0.2, -0.15) is 0 Å². The van der Waals surface area contributed by atoms with E-state index >= 15 is 0 Å². The van der Waals surface area contributed by atoms with E-state index in [1.807, 2.05) is 0 Å². The summed E-state index contributed by atoms with van der Waals surface area (Å²) in [4.78, 5) is 21.8. The van der Waals surface area contributed by atoms with E-state index in [9.17, 15) is 9.59 Å². The van der Waals surface area contributed by atoms with Crippen molar-refractivity contribution in [1.82, 2.24) is 10.6 Å². The number of carbonyl (C=O) groups excluding carboxylic acids is 2. The Morgan fingerprint density at radius 1 is 1.00 bits per heavy atom. The first-order valence-electron chi connectivity index (χ1n) is 3.88. The van der Waals surface area contributed by atoms with Gasteiger partial charge in [0.05, 0.1) is 7.69 Å². The van der Waals surface area contributed by atoms with Gasteiger partial charge in [0.15, 0.2) is 0 Å². The Morgan fingerprint density at radius 3 is 1.64 bits per heavy atom. The highest BCUT2D eigenvalue weighted by atomic mass is 32.2. The zero-order valence-electron chi connectivity index (χ0n) is 7.79. The van der Waals surface area contributed by atoms with Crippen molar-refractivity contribution in [2.24, 2.45) is 0 Å². The molecule has 0 unspecified atom stereocenters. The Labute approximate surface area is 88.9 Å². The fourth-order valence-electron chi connectivity index (χ4n) is 0.682. The van der Waals surface area contributed by atoms with Crippen LogP contribution in [0.5, 0.6) is 0 Å². The van der Waals surface area contributed by atoms with E-state index in [0.717, 1.165) is 7.69 Å². The molecule has 0 saturated carbocycles. The zero-order chi connectivity index (χ0) is 10.6. The van der Waals surface area contributed by atoms with Gasteiger partial charge in [-0.3, -0.25) is 9.59 Å². The molecule has 0 aromatic carbocycles. The molecule has 0 aliphatic carbocycles. The molecule has 1 aromatic heterocycles. The van der Waals surface area contributed by atoms with Gasteiger partial charge in [0.1, 0.15) is 0 Å². The quantitative estimate of drug-likeness (QED) is 0.675. The van der Waals surface area contributed by atoms with Crippen LogP contribution in [-0.2, 0) is 9.59 Å². The van der Waals surface area contributed by atoms with E-state index in [4.69, 9.17) is 0 Å². The highest BCUT2D eigenvalue weighted by Crippen LogP contribution is 1.88. The average Bonchev–Trinajstić information content (AvgIpc) is 2.13. The van der Waals surface area contributed by atoms with Crippen molar-refractivity contribution in [3.05, 3.63) is 7.69 Å². The first-order chi connectivity index (χ1) is 6.65. The third kappa shape index (κ3) is 2.97. The van der Waals surface area contributed by atoms with Gasteiger partial charge < -0.3 is 10.6 Å². The third-order valence-electron chi connectivity index (χ3n) is 1.39. The van der Waals surface area contributed by atoms with Gasteiger partial charge in [-0.15, -0.1) is 22.7 Å². The average molecular weight is 230 g/mol. The van der Waals surface area contributed by atoms with E-state index in [-0.39, 0.29) is 11.8 Å². The molecule has 1 rings (SSSR count). The topological polar surface area (TPSA) is 58.2 Å². The summed E-state index contributed by atoms with van der Waals surface area (Å²) in [5.74, 6) is -0.252. The molecule has 76 valence electrons. The number of hydrogen-bond donors (Lipinski definition) is 2. The third-order valence-corrected chi connectivity index (χ3v) is 3.67. The summed E-state index contributed by atoms with van der Waals surface area (Å²) in [5.41, 5.74) is 0. The number of hydrogen-bond acceptors (Lipinski definition) is 4. The molecule has 1 aromatic rings. The molecule has 0 saturated heterocycles. The predicted octanol–water partition coefficient (Wildman–Crippen LogP) is -1.14. The van der Waals surface area contributed by atoms with Gasteiger partial charge in [-0.05, 0) is 0 Å². The Kier molecular flexibility index (Phi) is 3.84. The van der Waals surface area contributed by atoms with Crippen LogP contribution < -0.4 is 18.3 Å². The number of nitrogens with one attached hydrogen (secondary N) is 2. The summed E-state index contributed by atoms with van der Waals surface area (Å²) in [6.07, 6.45) is 3.02. The maximum Gasteiger partial charge on any atom is 0.245 e. The van der Waals surface area contributed by atoms with Gasteiger partial charge >= 0.3 is 0 Å². The summed E-state index contributed by atoms with van der Waals surface area (Å²) < 4.78 is 1.80. The lowest BCUT2D eigenvalue weighted by molar-refractivity contribution is -0.115. The molecule has 2 amide bonds. The van der Waals surface area contributed by atoms with Crippen LogP contribution in [-0.4, -0.2) is 25.9 Å². The molecule has 0 radical (unpaired) electrons. The van der Waals surface area contributed by atoms with Crippen LogP contribution in [0.25, 0.3) is 12.2 Å². The number of rotatable bonds is 2. The standard InChI is InChI=1S/C8H10N2O2S2/c1-9-5(11)3-7-13-8(14-7)4-6(12)10-2/h3-4H,1-2H3,(H,9,11)(H,10,12). The zero-order valence-corrected chi connectivity index (χ0v) is 9.42. The fraction of sp³-hybridized carbons (Fsp3) is 0.250. The molecule has 6 heteroatoms. The molecule has 0 atom stereocenters. The first-order valence-corrected chi connectivity index (χ1v) is 5.51. The molecule has 2 N–H and O–H groups in total. The van der Waals surface area contributed by atoms with E-state index in [1.54, 1.807) is 14.1 Å². The van der Waals surface area contributed by atoms with Crippen LogP contribution in [0.15, 0.2) is 0 Å². The number of carbonyl (C=O) groups is 2. The largest absolute Gasteiger partial charge is 0.356 e. The van der Waals surface area contributed by atoms with Crippen molar-refractivity contribution in [2.45, 2.75) is 0 Å². The minimum atomic E-state index is -0.126. The molecular weight excluding hydrogens is 220 g/mol. The SMILES string of the molecule is CNC(=O)C=c1sc(=CC(=O)NC)s1. The molecular formula is C8H10N2O2S2. The number of amides is 2. The van der Waals surface area contributed by atoms with Crippen molar-refractivity contribution < 1.29 is 9.59 Å². The minimum absolute atomic E-state index is 0.126. The van der Waals surface area contributed by atoms with Crippen molar-refractivity contribution in [3.63, 3.8) is 0 Å². The molecule has 0 aliphatic rings. The lowest BCUT2D eigenvalue weighted by Gasteiger charge is -1.93. The first kappa shape index (κ1) is 10.9.